The second-order valence-corrected chi connectivity index (χ2v) is 5.46. The van der Waals surface area contributed by atoms with Crippen LogP contribution in [-0.4, -0.2) is 33.1 Å². The van der Waals surface area contributed by atoms with Crippen LogP contribution < -0.4 is 0 Å². The van der Waals surface area contributed by atoms with Crippen LogP contribution in [0.5, 0.6) is 0 Å². The number of nitrogens with one attached hydrogen (secondary N) is 1. The van der Waals surface area contributed by atoms with E-state index in [9.17, 15) is 4.79 Å². The topological polar surface area (TPSA) is 49.0 Å². The number of hydrogen-bond acceptors (Lipinski definition) is 2. The number of aromatic amines is 1. The van der Waals surface area contributed by atoms with Crippen molar-refractivity contribution in [3.8, 4) is 0 Å². The quantitative estimate of drug-likeness (QED) is 0.853. The number of nitrogens with zero attached hydrogens (tertiary/aromatic N) is 2. The van der Waals surface area contributed by atoms with Gasteiger partial charge >= 0.3 is 0 Å². The second-order valence-electron chi connectivity index (χ2n) is 5.46. The molecule has 100 valence electrons. The highest BCUT2D eigenvalue weighted by Gasteiger charge is 2.31. The summed E-state index contributed by atoms with van der Waals surface area (Å²) >= 11 is 0. The van der Waals surface area contributed by atoms with Gasteiger partial charge in [0.25, 0.3) is 5.91 Å². The van der Waals surface area contributed by atoms with E-state index in [1.165, 1.54) is 6.42 Å². The van der Waals surface area contributed by atoms with Gasteiger partial charge in [-0.1, -0.05) is 18.2 Å². The van der Waals surface area contributed by atoms with Gasteiger partial charge < -0.3 is 4.90 Å². The minimum atomic E-state index is 0.0529. The van der Waals surface area contributed by atoms with Crippen molar-refractivity contribution in [2.24, 2.45) is 0 Å². The molecule has 0 aliphatic carbocycles. The lowest BCUT2D eigenvalue weighted by molar-refractivity contribution is 0.0506. The fourth-order valence-electron chi connectivity index (χ4n) is 3.07. The maximum Gasteiger partial charge on any atom is 0.275 e. The Morgan fingerprint density at radius 3 is 2.68 bits per heavy atom. The highest BCUT2D eigenvalue weighted by Crippen LogP contribution is 2.26. The molecule has 1 N–H and O–H groups in total. The molecule has 1 aliphatic heterocycles. The molecule has 1 amide bonds. The van der Waals surface area contributed by atoms with Crippen LogP contribution in [0.4, 0.5) is 0 Å². The molecule has 4 nitrogen and oxygen atoms in total. The van der Waals surface area contributed by atoms with Gasteiger partial charge in [0.15, 0.2) is 5.69 Å². The van der Waals surface area contributed by atoms with Gasteiger partial charge in [0.1, 0.15) is 0 Å². The average molecular weight is 257 g/mol. The van der Waals surface area contributed by atoms with Crippen LogP contribution in [0, 0.1) is 0 Å². The number of likely N-dealkylation sites (tertiary alicyclic amines) is 1. The van der Waals surface area contributed by atoms with Gasteiger partial charge in [0.2, 0.25) is 0 Å². The number of carbonyl (C=O) groups is 1. The largest absolute Gasteiger partial charge is 0.332 e. The van der Waals surface area contributed by atoms with E-state index in [0.29, 0.717) is 17.8 Å². The van der Waals surface area contributed by atoms with Gasteiger partial charge in [-0.25, -0.2) is 0 Å². The molecule has 0 saturated carbocycles. The number of fused-ring (bicyclic) bond motifs is 1. The van der Waals surface area contributed by atoms with Crippen molar-refractivity contribution in [3.05, 3.63) is 30.0 Å². The first-order chi connectivity index (χ1) is 9.18. The molecule has 0 radical (unpaired) electrons. The Kier molecular flexibility index (Phi) is 3.01. The minimum Gasteiger partial charge on any atom is -0.332 e. The zero-order chi connectivity index (χ0) is 13.4. The minimum absolute atomic E-state index is 0.0529. The summed E-state index contributed by atoms with van der Waals surface area (Å²) < 4.78 is 0. The molecule has 2 aromatic rings. The molecule has 2 atom stereocenters. The van der Waals surface area contributed by atoms with Gasteiger partial charge in [-0.15, -0.1) is 0 Å². The zero-order valence-electron chi connectivity index (χ0n) is 11.4. The molecule has 1 saturated heterocycles. The fraction of sp³-hybridized carbons (Fsp3) is 0.467. The molecule has 0 bridgehead atoms. The van der Waals surface area contributed by atoms with Crippen LogP contribution in [0.2, 0.25) is 0 Å². The number of aromatic nitrogens is 2. The van der Waals surface area contributed by atoms with Crippen molar-refractivity contribution in [1.29, 1.82) is 0 Å². The van der Waals surface area contributed by atoms with Crippen LogP contribution in [0.3, 0.4) is 0 Å². The second kappa shape index (κ2) is 4.68. The maximum atomic E-state index is 12.7. The third-order valence-corrected chi connectivity index (χ3v) is 4.10. The normalized spacial score (nSPS) is 23.8. The van der Waals surface area contributed by atoms with E-state index in [-0.39, 0.29) is 5.91 Å². The summed E-state index contributed by atoms with van der Waals surface area (Å²) in [5, 5.41) is 8.08. The van der Waals surface area contributed by atoms with E-state index in [4.69, 9.17) is 0 Å². The number of para-hydroxylation sites is 1. The van der Waals surface area contributed by atoms with Crippen LogP contribution in [0.25, 0.3) is 10.9 Å². The van der Waals surface area contributed by atoms with E-state index >= 15 is 0 Å². The first-order valence-corrected chi connectivity index (χ1v) is 6.94. The molecular weight excluding hydrogens is 238 g/mol. The van der Waals surface area contributed by atoms with E-state index < -0.39 is 0 Å². The Hall–Kier alpha value is -1.84. The number of H-pyrrole nitrogens is 1. The molecule has 2 heterocycles. The number of amides is 1. The van der Waals surface area contributed by atoms with Crippen molar-refractivity contribution in [3.63, 3.8) is 0 Å². The molecule has 1 aromatic heterocycles. The molecule has 1 fully saturated rings. The Morgan fingerprint density at radius 2 is 1.95 bits per heavy atom. The van der Waals surface area contributed by atoms with E-state index in [1.54, 1.807) is 0 Å². The highest BCUT2D eigenvalue weighted by molar-refractivity contribution is 6.04. The summed E-state index contributed by atoms with van der Waals surface area (Å²) in [6.07, 6.45) is 3.37. The SMILES string of the molecule is CC1CCCC(C)N1C(=O)c1n[nH]c2ccccc12. The van der Waals surface area contributed by atoms with E-state index in [1.807, 2.05) is 29.2 Å². The fourth-order valence-corrected chi connectivity index (χ4v) is 3.07. The van der Waals surface area contributed by atoms with Crippen LogP contribution in [0.15, 0.2) is 24.3 Å². The van der Waals surface area contributed by atoms with Crippen molar-refractivity contribution in [2.75, 3.05) is 0 Å². The smallest absolute Gasteiger partial charge is 0.275 e. The molecule has 0 spiro atoms. The molecule has 2 unspecified atom stereocenters. The Morgan fingerprint density at radius 1 is 1.26 bits per heavy atom. The summed E-state index contributed by atoms with van der Waals surface area (Å²) in [4.78, 5) is 14.7. The standard InChI is InChI=1S/C15H19N3O/c1-10-6-5-7-11(2)18(10)15(19)14-12-8-3-4-9-13(12)16-17-14/h3-4,8-11H,5-7H2,1-2H3,(H,16,17). The third kappa shape index (κ3) is 2.01. The van der Waals surface area contributed by atoms with Crippen molar-refractivity contribution >= 4 is 16.8 Å². The Bertz CT molecular complexity index is 594. The van der Waals surface area contributed by atoms with Crippen LogP contribution in [0.1, 0.15) is 43.6 Å². The van der Waals surface area contributed by atoms with E-state index in [2.05, 4.69) is 24.0 Å². The zero-order valence-corrected chi connectivity index (χ0v) is 11.4. The number of hydrogen-bond donors (Lipinski definition) is 1. The number of rotatable bonds is 1. The monoisotopic (exact) mass is 257 g/mol. The molecule has 19 heavy (non-hydrogen) atoms. The molecule has 3 rings (SSSR count). The van der Waals surface area contributed by atoms with Crippen molar-refractivity contribution < 1.29 is 4.79 Å². The van der Waals surface area contributed by atoms with Crippen molar-refractivity contribution in [1.82, 2.24) is 15.1 Å². The predicted molar refractivity (Wildman–Crippen MR) is 75.0 cm³/mol. The predicted octanol–water partition coefficient (Wildman–Crippen LogP) is 2.97. The maximum absolute atomic E-state index is 12.7. The Balaban J connectivity index is 1.99. The lowest BCUT2D eigenvalue weighted by atomic mass is 9.97. The van der Waals surface area contributed by atoms with Crippen LogP contribution in [-0.2, 0) is 0 Å². The first kappa shape index (κ1) is 12.2. The Labute approximate surface area is 112 Å². The lowest BCUT2D eigenvalue weighted by Gasteiger charge is -2.38. The average Bonchev–Trinajstić information content (AvgIpc) is 2.82. The highest BCUT2D eigenvalue weighted by atomic mass is 16.2. The summed E-state index contributed by atoms with van der Waals surface area (Å²) in [5.74, 6) is 0.0529. The summed E-state index contributed by atoms with van der Waals surface area (Å²) in [6, 6.07) is 8.38. The van der Waals surface area contributed by atoms with Crippen molar-refractivity contribution in [2.45, 2.75) is 45.2 Å². The number of benzene rings is 1. The molecule has 1 aromatic carbocycles. The molecule has 1 aliphatic rings. The summed E-state index contributed by atoms with van der Waals surface area (Å²) in [5.41, 5.74) is 1.47. The van der Waals surface area contributed by atoms with Gasteiger partial charge in [0, 0.05) is 17.5 Å². The number of piperidine rings is 1. The molecule has 4 heteroatoms. The summed E-state index contributed by atoms with van der Waals surface area (Å²) in [7, 11) is 0. The van der Waals surface area contributed by atoms with E-state index in [0.717, 1.165) is 23.7 Å². The summed E-state index contributed by atoms with van der Waals surface area (Å²) in [6.45, 7) is 4.25. The lowest BCUT2D eigenvalue weighted by Crippen LogP contribution is -2.47. The first-order valence-electron chi connectivity index (χ1n) is 6.94. The number of carbonyl (C=O) groups excluding carboxylic acids is 1. The van der Waals surface area contributed by atoms with Gasteiger partial charge in [-0.05, 0) is 39.2 Å². The molecular formula is C15H19N3O. The van der Waals surface area contributed by atoms with Gasteiger partial charge in [0.05, 0.1) is 5.52 Å². The van der Waals surface area contributed by atoms with Gasteiger partial charge in [-0.3, -0.25) is 9.89 Å². The van der Waals surface area contributed by atoms with Gasteiger partial charge in [-0.2, -0.15) is 5.10 Å². The van der Waals surface area contributed by atoms with Crippen LogP contribution >= 0.6 is 0 Å². The third-order valence-electron chi connectivity index (χ3n) is 4.10.